The first-order valence-corrected chi connectivity index (χ1v) is 24.2. The predicted octanol–water partition coefficient (Wildman–Crippen LogP) is 8.53. The lowest BCUT2D eigenvalue weighted by Crippen LogP contribution is -2.73. The molecule has 2 N–H and O–H groups in total. The van der Waals surface area contributed by atoms with E-state index in [4.69, 9.17) is 19.2 Å². The molecule has 0 radical (unpaired) electrons. The lowest BCUT2D eigenvalue weighted by Gasteiger charge is -2.72. The Morgan fingerprint density at radius 3 is 1.58 bits per heavy atom. The van der Waals surface area contributed by atoms with Crippen LogP contribution in [0.5, 0.6) is 0 Å². The third-order valence-electron chi connectivity index (χ3n) is 21.5. The van der Waals surface area contributed by atoms with Crippen molar-refractivity contribution in [3.8, 4) is 0 Å². The third kappa shape index (κ3) is 5.55. The molecule has 8 aliphatic carbocycles. The quantitative estimate of drug-likeness (QED) is 0.103. The van der Waals surface area contributed by atoms with Crippen molar-refractivity contribution in [1.82, 2.24) is 0 Å². The fraction of sp³-hybridized carbons (Fsp3) is 0.880. The smallest absolute Gasteiger partial charge is 0.318 e. The van der Waals surface area contributed by atoms with Crippen LogP contribution in [0.4, 0.5) is 0 Å². The summed E-state index contributed by atoms with van der Waals surface area (Å²) < 4.78 is 11.0. The van der Waals surface area contributed by atoms with Crippen molar-refractivity contribution in [3.63, 3.8) is 0 Å². The molecular formula is C50H72O12. The zero-order chi connectivity index (χ0) is 45.0. The molecule has 20 atom stereocenters. The molecule has 12 nitrogen and oxygen atoms in total. The van der Waals surface area contributed by atoms with Gasteiger partial charge < -0.3 is 19.7 Å². The normalized spacial score (nSPS) is 53.0. The molecule has 12 heteroatoms. The van der Waals surface area contributed by atoms with Gasteiger partial charge in [0.2, 0.25) is 0 Å². The summed E-state index contributed by atoms with van der Waals surface area (Å²) in [5.74, 6) is -7.50. The molecule has 2 aliphatic heterocycles. The number of esters is 4. The summed E-state index contributed by atoms with van der Waals surface area (Å²) >= 11 is 0. The fourth-order valence-electron chi connectivity index (χ4n) is 18.9. The Hall–Kier alpha value is -2.86. The van der Waals surface area contributed by atoms with Gasteiger partial charge in [-0.15, -0.1) is 0 Å². The van der Waals surface area contributed by atoms with Crippen LogP contribution in [0.2, 0.25) is 0 Å². The van der Waals surface area contributed by atoms with Crippen LogP contribution < -0.4 is 0 Å². The molecule has 2 saturated heterocycles. The number of carbonyl (C=O) groups is 6. The first-order chi connectivity index (χ1) is 28.9. The maximum absolute atomic E-state index is 14.3. The van der Waals surface area contributed by atoms with Gasteiger partial charge in [-0.1, -0.05) is 68.2 Å². The summed E-state index contributed by atoms with van der Waals surface area (Å²) in [6.07, 6.45) is 7.02. The standard InChI is InChI=1S/C50H72O12/c1-23(2)32-26(34-25(5)39(51)59-40(34)52)21-30-45(6)15-11-17-48(9,43(55)56)28(45)13-19-47(30,8)37(32)61-62-38-33(24(3)4)27-22-31-46(7)16-12-18-49(10,44(57)58)29(46)14-20-50(31,38)36-35(27)41(53)60-42(36)54/h23-38H,11-22H2,1-10H3,(H,55,56)(H,57,58). The summed E-state index contributed by atoms with van der Waals surface area (Å²) in [6, 6.07) is 0. The zero-order valence-corrected chi connectivity index (χ0v) is 38.7. The number of carboxylic acid groups (broad SMARTS) is 2. The van der Waals surface area contributed by atoms with Gasteiger partial charge in [-0.05, 0) is 148 Å². The van der Waals surface area contributed by atoms with Gasteiger partial charge in [0, 0.05) is 10.8 Å². The maximum Gasteiger partial charge on any atom is 0.318 e. The molecule has 2 bridgehead atoms. The maximum atomic E-state index is 14.3. The van der Waals surface area contributed by atoms with Crippen LogP contribution in [0, 0.1) is 115 Å². The minimum atomic E-state index is -0.920. The summed E-state index contributed by atoms with van der Waals surface area (Å²) in [7, 11) is 0. The number of carboxylic acids is 2. The summed E-state index contributed by atoms with van der Waals surface area (Å²) in [5, 5.41) is 21.5. The van der Waals surface area contributed by atoms with E-state index in [2.05, 4.69) is 48.5 Å². The Labute approximate surface area is 367 Å². The van der Waals surface area contributed by atoms with E-state index in [0.717, 1.165) is 25.7 Å². The zero-order valence-electron chi connectivity index (χ0n) is 38.7. The van der Waals surface area contributed by atoms with Gasteiger partial charge in [0.1, 0.15) is 12.2 Å². The van der Waals surface area contributed by atoms with Crippen LogP contribution in [0.15, 0.2) is 0 Å². The van der Waals surface area contributed by atoms with E-state index in [1.165, 1.54) is 0 Å². The van der Waals surface area contributed by atoms with Gasteiger partial charge in [0.05, 0.1) is 34.5 Å². The highest BCUT2D eigenvalue weighted by atomic mass is 17.2. The van der Waals surface area contributed by atoms with Crippen molar-refractivity contribution >= 4 is 35.8 Å². The molecule has 8 saturated carbocycles. The van der Waals surface area contributed by atoms with Crippen molar-refractivity contribution in [3.05, 3.63) is 0 Å². The number of fused-ring (bicyclic) bond motifs is 5. The average molecular weight is 865 g/mol. The van der Waals surface area contributed by atoms with E-state index >= 15 is 0 Å². The van der Waals surface area contributed by atoms with Crippen LogP contribution >= 0.6 is 0 Å². The van der Waals surface area contributed by atoms with E-state index in [1.807, 2.05) is 13.8 Å². The summed E-state index contributed by atoms with van der Waals surface area (Å²) in [4.78, 5) is 95.9. The molecular weight excluding hydrogens is 793 g/mol. The lowest BCUT2D eigenvalue weighted by molar-refractivity contribution is -0.445. The minimum absolute atomic E-state index is 0.00467. The molecule has 344 valence electrons. The largest absolute Gasteiger partial charge is 0.481 e. The van der Waals surface area contributed by atoms with Crippen LogP contribution in [0.3, 0.4) is 0 Å². The van der Waals surface area contributed by atoms with Gasteiger partial charge in [0.15, 0.2) is 0 Å². The third-order valence-corrected chi connectivity index (χ3v) is 21.5. The van der Waals surface area contributed by atoms with E-state index in [9.17, 15) is 39.0 Å². The van der Waals surface area contributed by atoms with Crippen molar-refractivity contribution < 1.29 is 58.2 Å². The summed E-state index contributed by atoms with van der Waals surface area (Å²) in [5.41, 5.74) is -4.04. The second-order valence-electron chi connectivity index (χ2n) is 24.3. The minimum Gasteiger partial charge on any atom is -0.481 e. The highest BCUT2D eigenvalue weighted by molar-refractivity contribution is 5.98. The lowest BCUT2D eigenvalue weighted by atomic mass is 9.31. The molecule has 2 heterocycles. The molecule has 20 unspecified atom stereocenters. The van der Waals surface area contributed by atoms with Crippen molar-refractivity contribution in [2.45, 2.75) is 158 Å². The second kappa shape index (κ2) is 14.3. The Kier molecular flexibility index (Phi) is 10.2. The topological polar surface area (TPSA) is 180 Å². The van der Waals surface area contributed by atoms with Gasteiger partial charge in [-0.3, -0.25) is 28.8 Å². The van der Waals surface area contributed by atoms with Gasteiger partial charge >= 0.3 is 35.8 Å². The number of cyclic esters (lactones) is 4. The van der Waals surface area contributed by atoms with Gasteiger partial charge in [0.25, 0.3) is 0 Å². The molecule has 0 aromatic carbocycles. The van der Waals surface area contributed by atoms with Crippen LogP contribution in [-0.4, -0.2) is 58.2 Å². The van der Waals surface area contributed by atoms with Crippen molar-refractivity contribution in [2.75, 3.05) is 0 Å². The average Bonchev–Trinajstić information content (AvgIpc) is 3.64. The number of carbonyl (C=O) groups excluding carboxylic acids is 4. The molecule has 1 spiro atoms. The highest BCUT2D eigenvalue weighted by Gasteiger charge is 2.79. The molecule has 10 fully saturated rings. The monoisotopic (exact) mass is 865 g/mol. The summed E-state index contributed by atoms with van der Waals surface area (Å²) in [6.45, 7) is 21.0. The molecule has 10 aliphatic rings. The number of ether oxygens (including phenoxy) is 2. The number of hydrogen-bond donors (Lipinski definition) is 2. The number of aliphatic carboxylic acids is 2. The molecule has 0 aromatic heterocycles. The van der Waals surface area contributed by atoms with Gasteiger partial charge in [-0.25, -0.2) is 9.78 Å². The van der Waals surface area contributed by atoms with E-state index in [0.29, 0.717) is 51.4 Å². The first kappa shape index (κ1) is 44.3. The highest BCUT2D eigenvalue weighted by Crippen LogP contribution is 2.77. The Morgan fingerprint density at radius 2 is 1.05 bits per heavy atom. The van der Waals surface area contributed by atoms with Crippen LogP contribution in [0.1, 0.15) is 146 Å². The predicted molar refractivity (Wildman–Crippen MR) is 223 cm³/mol. The van der Waals surface area contributed by atoms with Crippen LogP contribution in [0.25, 0.3) is 0 Å². The van der Waals surface area contributed by atoms with E-state index in [-0.39, 0.29) is 59.2 Å². The Bertz CT molecular complexity index is 1940. The second-order valence-corrected chi connectivity index (χ2v) is 24.3. The molecule has 62 heavy (non-hydrogen) atoms. The fourth-order valence-corrected chi connectivity index (χ4v) is 18.9. The van der Waals surface area contributed by atoms with Crippen molar-refractivity contribution in [2.24, 2.45) is 115 Å². The Balaban J connectivity index is 1.17. The van der Waals surface area contributed by atoms with E-state index < -0.39 is 104 Å². The molecule has 0 aromatic rings. The van der Waals surface area contributed by atoms with Gasteiger partial charge in [-0.2, -0.15) is 0 Å². The first-order valence-electron chi connectivity index (χ1n) is 24.2. The molecule has 0 amide bonds. The number of rotatable bonds is 8. The molecule has 10 rings (SSSR count). The van der Waals surface area contributed by atoms with Crippen molar-refractivity contribution in [1.29, 1.82) is 0 Å². The van der Waals surface area contributed by atoms with E-state index in [1.54, 1.807) is 6.92 Å². The van der Waals surface area contributed by atoms with Crippen LogP contribution in [-0.2, 0) is 48.0 Å². The SMILES string of the molecule is CC(C)C1C(C2C(=O)OC(=O)C2C)CC2C(C)(CCC3C(C)(C(=O)O)CCCC32C)C1OOC1C(C(C)C)C2CC3C4(C)CCCC(C)(C(=O)O)C4CCC13C1C(=O)OC(=O)C21. The Morgan fingerprint density at radius 1 is 0.581 bits per heavy atom. The number of hydrogen-bond acceptors (Lipinski definition) is 10.